The van der Waals surface area contributed by atoms with E-state index >= 15 is 0 Å². The highest BCUT2D eigenvalue weighted by Crippen LogP contribution is 2.36. The lowest BCUT2D eigenvalue weighted by Crippen LogP contribution is -2.43. The second-order valence-corrected chi connectivity index (χ2v) is 6.31. The van der Waals surface area contributed by atoms with E-state index in [0.717, 1.165) is 11.1 Å². The average Bonchev–Trinajstić information content (AvgIpc) is 2.54. The molecule has 2 amide bonds. The number of fused-ring (bicyclic) bond motifs is 1. The van der Waals surface area contributed by atoms with Crippen LogP contribution in [-0.4, -0.2) is 22.6 Å². The summed E-state index contributed by atoms with van der Waals surface area (Å²) in [5.74, 6) is 0. The van der Waals surface area contributed by atoms with Crippen molar-refractivity contribution in [1.82, 2.24) is 4.90 Å². The molecule has 0 aliphatic carbocycles. The van der Waals surface area contributed by atoms with Crippen molar-refractivity contribution in [1.29, 1.82) is 0 Å². The van der Waals surface area contributed by atoms with Crippen molar-refractivity contribution in [3.8, 4) is 0 Å². The van der Waals surface area contributed by atoms with Gasteiger partial charge in [-0.1, -0.05) is 53.5 Å². The van der Waals surface area contributed by atoms with Gasteiger partial charge in [-0.25, -0.2) is 4.79 Å². The van der Waals surface area contributed by atoms with E-state index in [1.807, 2.05) is 31.2 Å². The van der Waals surface area contributed by atoms with E-state index in [-0.39, 0.29) is 18.6 Å². The van der Waals surface area contributed by atoms with Gasteiger partial charge in [-0.2, -0.15) is 0 Å². The Hall–Kier alpha value is -1.75. The lowest BCUT2D eigenvalue weighted by atomic mass is 9.92. The van der Waals surface area contributed by atoms with Crippen molar-refractivity contribution in [3.63, 3.8) is 0 Å². The molecule has 1 heterocycles. The minimum atomic E-state index is -0.713. The fourth-order valence-corrected chi connectivity index (χ4v) is 3.35. The van der Waals surface area contributed by atoms with Crippen LogP contribution in [0.15, 0.2) is 42.5 Å². The fraction of sp³-hybridized carbons (Fsp3) is 0.235. The molecular formula is C17H16Cl2N2O2. The quantitative estimate of drug-likeness (QED) is 0.787. The number of aliphatic hydroxyl groups excluding tert-OH is 1. The Morgan fingerprint density at radius 3 is 2.39 bits per heavy atom. The number of nitrogens with one attached hydrogen (secondary N) is 1. The average molecular weight is 351 g/mol. The van der Waals surface area contributed by atoms with Crippen LogP contribution in [0.4, 0.5) is 10.5 Å². The number of hydrogen-bond donors (Lipinski definition) is 2. The Morgan fingerprint density at radius 2 is 1.74 bits per heavy atom. The molecular weight excluding hydrogens is 335 g/mol. The van der Waals surface area contributed by atoms with Gasteiger partial charge in [0, 0.05) is 0 Å². The van der Waals surface area contributed by atoms with Gasteiger partial charge in [0.15, 0.2) is 0 Å². The normalized spacial score (nSPS) is 20.1. The van der Waals surface area contributed by atoms with Crippen molar-refractivity contribution >= 4 is 34.9 Å². The van der Waals surface area contributed by atoms with Gasteiger partial charge in [-0.3, -0.25) is 0 Å². The van der Waals surface area contributed by atoms with Crippen LogP contribution < -0.4 is 5.32 Å². The predicted octanol–water partition coefficient (Wildman–Crippen LogP) is 4.64. The van der Waals surface area contributed by atoms with Crippen LogP contribution >= 0.6 is 23.2 Å². The highest BCUT2D eigenvalue weighted by atomic mass is 35.5. The first kappa shape index (κ1) is 16.1. The van der Waals surface area contributed by atoms with Gasteiger partial charge in [-0.15, -0.1) is 0 Å². The lowest BCUT2D eigenvalue weighted by molar-refractivity contribution is 0.0933. The SMILES string of the molecule is C[C@H]1c2ccccc2[C@@H](O)CN1C(=O)Nc1c(Cl)cccc1Cl. The van der Waals surface area contributed by atoms with Gasteiger partial charge in [0.05, 0.1) is 34.4 Å². The number of amides is 2. The topological polar surface area (TPSA) is 52.6 Å². The molecule has 0 saturated heterocycles. The van der Waals surface area contributed by atoms with Crippen molar-refractivity contribution in [2.45, 2.75) is 19.1 Å². The first-order valence-corrected chi connectivity index (χ1v) is 8.03. The van der Waals surface area contributed by atoms with E-state index in [1.54, 1.807) is 23.1 Å². The zero-order valence-corrected chi connectivity index (χ0v) is 14.0. The van der Waals surface area contributed by atoms with Crippen LogP contribution in [0.3, 0.4) is 0 Å². The number of nitrogens with zero attached hydrogens (tertiary/aromatic N) is 1. The number of para-hydroxylation sites is 1. The van der Waals surface area contributed by atoms with Gasteiger partial charge in [0.2, 0.25) is 0 Å². The predicted molar refractivity (Wildman–Crippen MR) is 92.0 cm³/mol. The summed E-state index contributed by atoms with van der Waals surface area (Å²) in [6.07, 6.45) is -0.713. The zero-order valence-electron chi connectivity index (χ0n) is 12.5. The molecule has 0 bridgehead atoms. The number of β-amino-alcohol motifs (C(OH)–C–C–N with tert-alkyl or cyclic N) is 1. The molecule has 0 fully saturated rings. The Bertz CT molecular complexity index is 731. The van der Waals surface area contributed by atoms with E-state index in [4.69, 9.17) is 23.2 Å². The molecule has 2 aromatic rings. The monoisotopic (exact) mass is 350 g/mol. The Labute approximate surface area is 144 Å². The molecule has 0 radical (unpaired) electrons. The molecule has 23 heavy (non-hydrogen) atoms. The van der Waals surface area contributed by atoms with Crippen LogP contribution in [0.5, 0.6) is 0 Å². The van der Waals surface area contributed by atoms with Gasteiger partial charge in [0.25, 0.3) is 0 Å². The van der Waals surface area contributed by atoms with E-state index in [2.05, 4.69) is 5.32 Å². The molecule has 1 aliphatic heterocycles. The number of hydrogen-bond acceptors (Lipinski definition) is 2. The summed E-state index contributed by atoms with van der Waals surface area (Å²) < 4.78 is 0. The number of carbonyl (C=O) groups is 1. The number of carbonyl (C=O) groups excluding carboxylic acids is 1. The van der Waals surface area contributed by atoms with E-state index in [0.29, 0.717) is 15.7 Å². The maximum absolute atomic E-state index is 12.6. The third-order valence-electron chi connectivity index (χ3n) is 4.10. The number of halogens is 2. The van der Waals surface area contributed by atoms with Crippen LogP contribution in [-0.2, 0) is 0 Å². The molecule has 4 nitrogen and oxygen atoms in total. The first-order valence-electron chi connectivity index (χ1n) is 7.27. The van der Waals surface area contributed by atoms with Crippen molar-refractivity contribution in [2.24, 2.45) is 0 Å². The highest BCUT2D eigenvalue weighted by molar-refractivity contribution is 6.39. The third kappa shape index (κ3) is 3.02. The van der Waals surface area contributed by atoms with E-state index in [9.17, 15) is 9.90 Å². The minimum absolute atomic E-state index is 0.157. The molecule has 0 aromatic heterocycles. The molecule has 120 valence electrons. The summed E-state index contributed by atoms with van der Waals surface area (Å²) in [5.41, 5.74) is 2.17. The Morgan fingerprint density at radius 1 is 1.13 bits per heavy atom. The first-order chi connectivity index (χ1) is 11.0. The van der Waals surface area contributed by atoms with Crippen LogP contribution in [0.2, 0.25) is 10.0 Å². The molecule has 2 N–H and O–H groups in total. The Balaban J connectivity index is 1.86. The summed E-state index contributed by atoms with van der Waals surface area (Å²) in [5, 5.41) is 13.8. The molecule has 2 aromatic carbocycles. The maximum atomic E-state index is 12.6. The summed E-state index contributed by atoms with van der Waals surface area (Å²) in [7, 11) is 0. The maximum Gasteiger partial charge on any atom is 0.322 e. The summed E-state index contributed by atoms with van der Waals surface area (Å²) >= 11 is 12.2. The van der Waals surface area contributed by atoms with E-state index < -0.39 is 6.10 Å². The van der Waals surface area contributed by atoms with Crippen molar-refractivity contribution in [2.75, 3.05) is 11.9 Å². The zero-order chi connectivity index (χ0) is 16.6. The Kier molecular flexibility index (Phi) is 4.48. The van der Waals surface area contributed by atoms with Gasteiger partial charge in [-0.05, 0) is 30.2 Å². The summed E-state index contributed by atoms with van der Waals surface area (Å²) in [6, 6.07) is 12.1. The molecule has 3 rings (SSSR count). The lowest BCUT2D eigenvalue weighted by Gasteiger charge is -2.37. The molecule has 0 unspecified atom stereocenters. The second kappa shape index (κ2) is 6.40. The van der Waals surface area contributed by atoms with Crippen molar-refractivity contribution in [3.05, 3.63) is 63.6 Å². The fourth-order valence-electron chi connectivity index (χ4n) is 2.86. The number of anilines is 1. The number of aliphatic hydroxyl groups is 1. The number of benzene rings is 2. The second-order valence-electron chi connectivity index (χ2n) is 5.50. The van der Waals surface area contributed by atoms with Gasteiger partial charge >= 0.3 is 6.03 Å². The van der Waals surface area contributed by atoms with E-state index in [1.165, 1.54) is 0 Å². The van der Waals surface area contributed by atoms with Crippen LogP contribution in [0.25, 0.3) is 0 Å². The number of urea groups is 1. The third-order valence-corrected chi connectivity index (χ3v) is 4.73. The minimum Gasteiger partial charge on any atom is -0.387 e. The smallest absolute Gasteiger partial charge is 0.322 e. The molecule has 0 spiro atoms. The molecule has 6 heteroatoms. The largest absolute Gasteiger partial charge is 0.387 e. The highest BCUT2D eigenvalue weighted by Gasteiger charge is 2.32. The van der Waals surface area contributed by atoms with Crippen LogP contribution in [0.1, 0.15) is 30.2 Å². The molecule has 1 aliphatic rings. The van der Waals surface area contributed by atoms with Gasteiger partial charge in [0.1, 0.15) is 0 Å². The number of rotatable bonds is 1. The van der Waals surface area contributed by atoms with Gasteiger partial charge < -0.3 is 15.3 Å². The molecule has 0 saturated carbocycles. The molecule has 2 atom stereocenters. The van der Waals surface area contributed by atoms with Crippen LogP contribution in [0, 0.1) is 0 Å². The van der Waals surface area contributed by atoms with Crippen molar-refractivity contribution < 1.29 is 9.90 Å². The summed E-state index contributed by atoms with van der Waals surface area (Å²) in [6.45, 7) is 2.14. The standard InChI is InChI=1S/C17H16Cl2N2O2/c1-10-11-5-2-3-6-12(11)15(22)9-21(10)17(23)20-16-13(18)7-4-8-14(16)19/h2-8,10,15,22H,9H2,1H3,(H,20,23)/t10-,15-/m0/s1. The summed E-state index contributed by atoms with van der Waals surface area (Å²) in [4.78, 5) is 14.2.